The van der Waals surface area contributed by atoms with Gasteiger partial charge in [-0.2, -0.15) is 4.31 Å². The van der Waals surface area contributed by atoms with E-state index in [9.17, 15) is 13.2 Å². The van der Waals surface area contributed by atoms with Gasteiger partial charge in [-0.25, -0.2) is 13.2 Å². The zero-order chi connectivity index (χ0) is 14.8. The molecule has 0 unspecified atom stereocenters. The Balaban J connectivity index is 2.36. The Morgan fingerprint density at radius 3 is 2.60 bits per heavy atom. The fourth-order valence-electron chi connectivity index (χ4n) is 1.74. The summed E-state index contributed by atoms with van der Waals surface area (Å²) >= 11 is 2.39. The van der Waals surface area contributed by atoms with Crippen molar-refractivity contribution in [2.24, 2.45) is 0 Å². The van der Waals surface area contributed by atoms with Crippen LogP contribution in [0.3, 0.4) is 0 Å². The molecule has 0 atom stereocenters. The molecule has 0 amide bonds. The van der Waals surface area contributed by atoms with Crippen molar-refractivity contribution in [3.8, 4) is 0 Å². The molecule has 2 rings (SSSR count). The number of thiophene rings is 2. The molecule has 0 aliphatic heterocycles. The molecule has 0 fully saturated rings. The molecule has 0 spiro atoms. The zero-order valence-corrected chi connectivity index (χ0v) is 13.1. The summed E-state index contributed by atoms with van der Waals surface area (Å²) < 4.78 is 26.4. The molecule has 0 radical (unpaired) electrons. The Kier molecular flexibility index (Phi) is 4.59. The van der Waals surface area contributed by atoms with Crippen molar-refractivity contribution in [2.45, 2.75) is 18.4 Å². The summed E-state index contributed by atoms with van der Waals surface area (Å²) in [6, 6.07) is 5.06. The van der Waals surface area contributed by atoms with Gasteiger partial charge in [0.05, 0.1) is 0 Å². The van der Waals surface area contributed by atoms with E-state index >= 15 is 0 Å². The highest BCUT2D eigenvalue weighted by Crippen LogP contribution is 2.26. The van der Waals surface area contributed by atoms with E-state index in [2.05, 4.69) is 0 Å². The van der Waals surface area contributed by atoms with Crippen LogP contribution >= 0.6 is 22.7 Å². The van der Waals surface area contributed by atoms with Gasteiger partial charge in [0, 0.05) is 18.0 Å². The summed E-state index contributed by atoms with van der Waals surface area (Å²) in [5.74, 6) is -1.22. The van der Waals surface area contributed by atoms with Crippen LogP contribution in [-0.2, 0) is 16.6 Å². The topological polar surface area (TPSA) is 74.7 Å². The molecule has 8 heteroatoms. The molecule has 1 N–H and O–H groups in total. The predicted molar refractivity (Wildman–Crippen MR) is 78.9 cm³/mol. The van der Waals surface area contributed by atoms with E-state index in [1.54, 1.807) is 6.92 Å². The third kappa shape index (κ3) is 2.93. The predicted octanol–water partition coefficient (Wildman–Crippen LogP) is 2.72. The summed E-state index contributed by atoms with van der Waals surface area (Å²) in [6.07, 6.45) is 0. The van der Waals surface area contributed by atoms with Crippen LogP contribution in [0.5, 0.6) is 0 Å². The van der Waals surface area contributed by atoms with Crippen molar-refractivity contribution in [3.05, 3.63) is 38.7 Å². The van der Waals surface area contributed by atoms with Gasteiger partial charge >= 0.3 is 5.97 Å². The fourth-order valence-corrected chi connectivity index (χ4v) is 5.20. The number of aromatic carboxylic acids is 1. The van der Waals surface area contributed by atoms with Crippen molar-refractivity contribution >= 4 is 38.7 Å². The second-order valence-corrected chi connectivity index (χ2v) is 7.78. The number of hydrogen-bond acceptors (Lipinski definition) is 5. The van der Waals surface area contributed by atoms with Gasteiger partial charge in [-0.1, -0.05) is 13.0 Å². The minimum atomic E-state index is -3.79. The van der Waals surface area contributed by atoms with Crippen LogP contribution < -0.4 is 0 Å². The van der Waals surface area contributed by atoms with Crippen molar-refractivity contribution in [1.29, 1.82) is 0 Å². The SMILES string of the molecule is CCN(Cc1cccs1)S(=O)(=O)c1ccsc1C(=O)O. The third-order valence-electron chi connectivity index (χ3n) is 2.71. The Labute approximate surface area is 125 Å². The van der Waals surface area contributed by atoms with Crippen LogP contribution in [0.2, 0.25) is 0 Å². The summed E-state index contributed by atoms with van der Waals surface area (Å²) in [5, 5.41) is 12.4. The molecule has 0 saturated heterocycles. The maximum absolute atomic E-state index is 12.5. The lowest BCUT2D eigenvalue weighted by atomic mass is 10.4. The molecule has 0 aliphatic rings. The number of hydrogen-bond donors (Lipinski definition) is 1. The zero-order valence-electron chi connectivity index (χ0n) is 10.6. The first-order valence-corrected chi connectivity index (χ1v) is 9.00. The number of carboxylic acids is 1. The molecule has 2 heterocycles. The Morgan fingerprint density at radius 1 is 1.30 bits per heavy atom. The van der Waals surface area contributed by atoms with Crippen LogP contribution in [-0.4, -0.2) is 30.3 Å². The Bertz CT molecular complexity index is 688. The van der Waals surface area contributed by atoms with Crippen molar-refractivity contribution < 1.29 is 18.3 Å². The van der Waals surface area contributed by atoms with E-state index in [0.717, 1.165) is 16.2 Å². The second kappa shape index (κ2) is 6.04. The highest BCUT2D eigenvalue weighted by Gasteiger charge is 2.29. The van der Waals surface area contributed by atoms with Crippen LogP contribution in [0.25, 0.3) is 0 Å². The molecule has 108 valence electrons. The van der Waals surface area contributed by atoms with Crippen molar-refractivity contribution in [3.63, 3.8) is 0 Å². The van der Waals surface area contributed by atoms with Crippen LogP contribution in [0.1, 0.15) is 21.5 Å². The van der Waals surface area contributed by atoms with Gasteiger partial charge in [0.25, 0.3) is 0 Å². The summed E-state index contributed by atoms with van der Waals surface area (Å²) in [5.41, 5.74) is 0. The standard InChI is InChI=1S/C12H13NO4S3/c1-2-13(8-9-4-3-6-18-9)20(16,17)10-5-7-19-11(10)12(14)15/h3-7H,2,8H2,1H3,(H,14,15). The Morgan fingerprint density at radius 2 is 2.05 bits per heavy atom. The number of sulfonamides is 1. The third-order valence-corrected chi connectivity index (χ3v) is 6.56. The first kappa shape index (κ1) is 15.2. The smallest absolute Gasteiger partial charge is 0.347 e. The number of rotatable bonds is 6. The molecule has 2 aromatic rings. The minimum Gasteiger partial charge on any atom is -0.477 e. The lowest BCUT2D eigenvalue weighted by Crippen LogP contribution is -2.30. The largest absolute Gasteiger partial charge is 0.477 e. The van der Waals surface area contributed by atoms with E-state index in [4.69, 9.17) is 5.11 Å². The number of nitrogens with zero attached hydrogens (tertiary/aromatic N) is 1. The maximum atomic E-state index is 12.5. The minimum absolute atomic E-state index is 0.131. The van der Waals surface area contributed by atoms with Crippen molar-refractivity contribution in [1.82, 2.24) is 4.31 Å². The first-order chi connectivity index (χ1) is 9.46. The van der Waals surface area contributed by atoms with E-state index < -0.39 is 16.0 Å². The van der Waals surface area contributed by atoms with Gasteiger partial charge in [0.1, 0.15) is 9.77 Å². The van der Waals surface area contributed by atoms with Gasteiger partial charge in [-0.15, -0.1) is 22.7 Å². The van der Waals surface area contributed by atoms with Gasteiger partial charge in [0.2, 0.25) is 10.0 Å². The molecule has 0 bridgehead atoms. The summed E-state index contributed by atoms with van der Waals surface area (Å²) in [7, 11) is -3.79. The molecular weight excluding hydrogens is 318 g/mol. The van der Waals surface area contributed by atoms with Gasteiger partial charge in [-0.3, -0.25) is 0 Å². The molecule has 0 saturated carbocycles. The quantitative estimate of drug-likeness (QED) is 0.883. The van der Waals surface area contributed by atoms with E-state index in [1.165, 1.54) is 27.1 Å². The Hall–Kier alpha value is -1.22. The maximum Gasteiger partial charge on any atom is 0.347 e. The first-order valence-electron chi connectivity index (χ1n) is 5.80. The van der Waals surface area contributed by atoms with Crippen LogP contribution in [0, 0.1) is 0 Å². The highest BCUT2D eigenvalue weighted by molar-refractivity contribution is 7.89. The summed E-state index contributed by atoms with van der Waals surface area (Å²) in [6.45, 7) is 2.28. The fraction of sp³-hybridized carbons (Fsp3) is 0.250. The average molecular weight is 331 g/mol. The van der Waals surface area contributed by atoms with E-state index in [1.807, 2.05) is 17.5 Å². The van der Waals surface area contributed by atoms with Gasteiger partial charge in [0.15, 0.2) is 0 Å². The van der Waals surface area contributed by atoms with Crippen LogP contribution in [0.4, 0.5) is 0 Å². The number of carboxylic acid groups (broad SMARTS) is 1. The molecule has 0 aliphatic carbocycles. The van der Waals surface area contributed by atoms with Gasteiger partial charge < -0.3 is 5.11 Å². The highest BCUT2D eigenvalue weighted by atomic mass is 32.2. The lowest BCUT2D eigenvalue weighted by molar-refractivity contribution is 0.0698. The summed E-state index contributed by atoms with van der Waals surface area (Å²) in [4.78, 5) is 11.7. The molecule has 5 nitrogen and oxygen atoms in total. The van der Waals surface area contributed by atoms with Crippen LogP contribution in [0.15, 0.2) is 33.9 Å². The molecular formula is C12H13NO4S3. The van der Waals surface area contributed by atoms with E-state index in [-0.39, 0.29) is 22.9 Å². The number of carbonyl (C=O) groups is 1. The molecule has 20 heavy (non-hydrogen) atoms. The van der Waals surface area contributed by atoms with E-state index in [0.29, 0.717) is 0 Å². The van der Waals surface area contributed by atoms with Gasteiger partial charge in [-0.05, 0) is 22.9 Å². The molecule has 0 aromatic carbocycles. The average Bonchev–Trinajstić information content (AvgIpc) is 3.06. The lowest BCUT2D eigenvalue weighted by Gasteiger charge is -2.19. The second-order valence-electron chi connectivity index (χ2n) is 3.93. The normalized spacial score (nSPS) is 11.9. The molecule has 2 aromatic heterocycles. The van der Waals surface area contributed by atoms with Crippen molar-refractivity contribution in [2.75, 3.05) is 6.54 Å². The monoisotopic (exact) mass is 331 g/mol.